The van der Waals surface area contributed by atoms with Crippen LogP contribution in [0.5, 0.6) is 0 Å². The maximum absolute atomic E-state index is 5.41. The SMILES string of the molecule is Cc1cccc(C)c1CSN. The summed E-state index contributed by atoms with van der Waals surface area (Å²) in [6, 6.07) is 6.33. The molecule has 0 heterocycles. The van der Waals surface area contributed by atoms with Gasteiger partial charge < -0.3 is 0 Å². The normalized spacial score (nSPS) is 10.1. The van der Waals surface area contributed by atoms with Crippen molar-refractivity contribution in [2.45, 2.75) is 19.6 Å². The number of aryl methyl sites for hydroxylation is 2. The molecule has 0 saturated carbocycles. The molecule has 0 fully saturated rings. The highest BCUT2D eigenvalue weighted by atomic mass is 32.2. The maximum atomic E-state index is 5.41. The summed E-state index contributed by atoms with van der Waals surface area (Å²) in [5.41, 5.74) is 4.05. The first kappa shape index (κ1) is 8.62. The first-order chi connectivity index (χ1) is 5.25. The van der Waals surface area contributed by atoms with Gasteiger partial charge in [-0.2, -0.15) is 0 Å². The third kappa shape index (κ3) is 1.98. The average Bonchev–Trinajstić information content (AvgIpc) is 1.97. The predicted octanol–water partition coefficient (Wildman–Crippen LogP) is 2.41. The van der Waals surface area contributed by atoms with Crippen LogP contribution in [0.3, 0.4) is 0 Å². The first-order valence-corrected chi connectivity index (χ1v) is 4.67. The van der Waals surface area contributed by atoms with Crippen LogP contribution >= 0.6 is 11.9 Å². The van der Waals surface area contributed by atoms with Crippen LogP contribution in [0.25, 0.3) is 0 Å². The molecule has 1 nitrogen and oxygen atoms in total. The molecule has 60 valence electrons. The number of nitrogens with two attached hydrogens (primary N) is 1. The van der Waals surface area contributed by atoms with E-state index in [0.29, 0.717) is 0 Å². The highest BCUT2D eigenvalue weighted by molar-refractivity contribution is 7.96. The second-order valence-electron chi connectivity index (χ2n) is 2.68. The standard InChI is InChI=1S/C9H13NS/c1-7-4-3-5-8(2)9(7)6-11-10/h3-5H,6,10H2,1-2H3. The molecule has 0 aliphatic rings. The quantitative estimate of drug-likeness (QED) is 0.684. The number of benzene rings is 1. The summed E-state index contributed by atoms with van der Waals surface area (Å²) < 4.78 is 0. The molecular weight excluding hydrogens is 154 g/mol. The van der Waals surface area contributed by atoms with Crippen LogP contribution in [0, 0.1) is 13.8 Å². The van der Waals surface area contributed by atoms with Crippen molar-refractivity contribution >= 4 is 11.9 Å². The van der Waals surface area contributed by atoms with E-state index in [9.17, 15) is 0 Å². The van der Waals surface area contributed by atoms with Gasteiger partial charge in [0.2, 0.25) is 0 Å². The Hall–Kier alpha value is -0.470. The average molecular weight is 167 g/mol. The molecule has 11 heavy (non-hydrogen) atoms. The van der Waals surface area contributed by atoms with Gasteiger partial charge in [0.25, 0.3) is 0 Å². The summed E-state index contributed by atoms with van der Waals surface area (Å²) >= 11 is 1.38. The second-order valence-corrected chi connectivity index (χ2v) is 3.30. The van der Waals surface area contributed by atoms with E-state index in [4.69, 9.17) is 5.14 Å². The van der Waals surface area contributed by atoms with Crippen LogP contribution in [0.15, 0.2) is 18.2 Å². The molecule has 0 spiro atoms. The van der Waals surface area contributed by atoms with E-state index in [1.807, 2.05) is 0 Å². The molecule has 0 unspecified atom stereocenters. The van der Waals surface area contributed by atoms with Crippen molar-refractivity contribution in [3.8, 4) is 0 Å². The molecule has 0 amide bonds. The van der Waals surface area contributed by atoms with Gasteiger partial charge >= 0.3 is 0 Å². The zero-order chi connectivity index (χ0) is 8.27. The summed E-state index contributed by atoms with van der Waals surface area (Å²) in [5.74, 6) is 0.915. The van der Waals surface area contributed by atoms with Crippen LogP contribution in [-0.2, 0) is 5.75 Å². The van der Waals surface area contributed by atoms with Crippen molar-refractivity contribution in [3.63, 3.8) is 0 Å². The Kier molecular flexibility index (Phi) is 2.97. The largest absolute Gasteiger partial charge is 0.278 e. The van der Waals surface area contributed by atoms with Crippen molar-refractivity contribution in [1.29, 1.82) is 0 Å². The fourth-order valence-electron chi connectivity index (χ4n) is 1.16. The maximum Gasteiger partial charge on any atom is 0.0333 e. The lowest BCUT2D eigenvalue weighted by Crippen LogP contribution is -1.92. The van der Waals surface area contributed by atoms with Crippen LogP contribution in [0.1, 0.15) is 16.7 Å². The van der Waals surface area contributed by atoms with Gasteiger partial charge in [0.05, 0.1) is 0 Å². The molecule has 1 aromatic carbocycles. The fourth-order valence-corrected chi connectivity index (χ4v) is 1.78. The van der Waals surface area contributed by atoms with E-state index >= 15 is 0 Å². The molecule has 0 bridgehead atoms. The molecule has 0 atom stereocenters. The summed E-state index contributed by atoms with van der Waals surface area (Å²) in [5, 5.41) is 5.41. The Labute approximate surface area is 72.1 Å². The van der Waals surface area contributed by atoms with Crippen molar-refractivity contribution < 1.29 is 0 Å². The predicted molar refractivity (Wildman–Crippen MR) is 51.4 cm³/mol. The molecule has 0 aliphatic carbocycles. The lowest BCUT2D eigenvalue weighted by atomic mass is 10.1. The van der Waals surface area contributed by atoms with Crippen LogP contribution in [-0.4, -0.2) is 0 Å². The second kappa shape index (κ2) is 3.79. The highest BCUT2D eigenvalue weighted by Crippen LogP contribution is 2.16. The minimum atomic E-state index is 0.915. The molecule has 1 rings (SSSR count). The fraction of sp³-hybridized carbons (Fsp3) is 0.333. The van der Waals surface area contributed by atoms with Crippen molar-refractivity contribution in [1.82, 2.24) is 0 Å². The van der Waals surface area contributed by atoms with E-state index < -0.39 is 0 Å². The summed E-state index contributed by atoms with van der Waals surface area (Å²) in [4.78, 5) is 0. The Morgan fingerprint density at radius 3 is 2.27 bits per heavy atom. The van der Waals surface area contributed by atoms with Gasteiger partial charge in [-0.05, 0) is 30.5 Å². The highest BCUT2D eigenvalue weighted by Gasteiger charge is 1.99. The third-order valence-electron chi connectivity index (χ3n) is 1.87. The van der Waals surface area contributed by atoms with Crippen LogP contribution in [0.2, 0.25) is 0 Å². The van der Waals surface area contributed by atoms with Gasteiger partial charge in [-0.1, -0.05) is 30.1 Å². The van der Waals surface area contributed by atoms with Gasteiger partial charge in [0, 0.05) is 5.75 Å². The Morgan fingerprint density at radius 2 is 1.82 bits per heavy atom. The third-order valence-corrected chi connectivity index (χ3v) is 2.33. The van der Waals surface area contributed by atoms with E-state index in [1.165, 1.54) is 28.6 Å². The number of hydrogen-bond acceptors (Lipinski definition) is 2. The van der Waals surface area contributed by atoms with E-state index in [2.05, 4.69) is 32.0 Å². The molecule has 0 radical (unpaired) electrons. The van der Waals surface area contributed by atoms with E-state index in [0.717, 1.165) is 5.75 Å². The molecule has 0 saturated heterocycles. The minimum absolute atomic E-state index is 0.915. The molecule has 1 aromatic rings. The monoisotopic (exact) mass is 167 g/mol. The molecule has 0 aromatic heterocycles. The summed E-state index contributed by atoms with van der Waals surface area (Å²) in [6.07, 6.45) is 0. The summed E-state index contributed by atoms with van der Waals surface area (Å²) in [7, 11) is 0. The lowest BCUT2D eigenvalue weighted by Gasteiger charge is -2.06. The molecule has 2 N–H and O–H groups in total. The van der Waals surface area contributed by atoms with E-state index in [-0.39, 0.29) is 0 Å². The zero-order valence-electron chi connectivity index (χ0n) is 6.92. The number of hydrogen-bond donors (Lipinski definition) is 1. The van der Waals surface area contributed by atoms with Crippen molar-refractivity contribution in [2.24, 2.45) is 5.14 Å². The van der Waals surface area contributed by atoms with Crippen LogP contribution in [0.4, 0.5) is 0 Å². The van der Waals surface area contributed by atoms with Gasteiger partial charge in [0.15, 0.2) is 0 Å². The Bertz CT molecular complexity index is 225. The molecular formula is C9H13NS. The van der Waals surface area contributed by atoms with Gasteiger partial charge in [0.1, 0.15) is 0 Å². The van der Waals surface area contributed by atoms with Gasteiger partial charge in [-0.25, -0.2) is 0 Å². The van der Waals surface area contributed by atoms with Crippen molar-refractivity contribution in [3.05, 3.63) is 34.9 Å². The zero-order valence-corrected chi connectivity index (χ0v) is 7.74. The smallest absolute Gasteiger partial charge is 0.0333 e. The topological polar surface area (TPSA) is 26.0 Å². The van der Waals surface area contributed by atoms with Gasteiger partial charge in [-0.15, -0.1) is 0 Å². The van der Waals surface area contributed by atoms with Crippen LogP contribution < -0.4 is 5.14 Å². The minimum Gasteiger partial charge on any atom is -0.278 e. The van der Waals surface area contributed by atoms with Gasteiger partial charge in [-0.3, -0.25) is 5.14 Å². The molecule has 2 heteroatoms. The lowest BCUT2D eigenvalue weighted by molar-refractivity contribution is 1.24. The molecule has 0 aliphatic heterocycles. The van der Waals surface area contributed by atoms with E-state index in [1.54, 1.807) is 0 Å². The Balaban J connectivity index is 3.00. The van der Waals surface area contributed by atoms with Crippen molar-refractivity contribution in [2.75, 3.05) is 0 Å². The Morgan fingerprint density at radius 1 is 1.27 bits per heavy atom. The number of rotatable bonds is 2. The first-order valence-electron chi connectivity index (χ1n) is 3.62. The summed E-state index contributed by atoms with van der Waals surface area (Å²) in [6.45, 7) is 4.25.